The Morgan fingerprint density at radius 1 is 0.918 bits per heavy atom. The lowest BCUT2D eigenvalue weighted by Crippen LogP contribution is -2.33. The normalized spacial score (nSPS) is 11.8. The molecule has 14 heteroatoms. The molecule has 3 aromatic heterocycles. The molecule has 0 aliphatic rings. The highest BCUT2D eigenvalue weighted by Gasteiger charge is 2.23. The Labute approximate surface area is 286 Å². The minimum atomic E-state index is -3.96. The zero-order valence-corrected chi connectivity index (χ0v) is 29.2. The molecule has 0 aliphatic heterocycles. The highest BCUT2D eigenvalue weighted by Crippen LogP contribution is 2.31. The van der Waals surface area contributed by atoms with Crippen LogP contribution in [0, 0.1) is 6.92 Å². The van der Waals surface area contributed by atoms with Gasteiger partial charge in [0.05, 0.1) is 16.8 Å². The summed E-state index contributed by atoms with van der Waals surface area (Å²) < 4.78 is 35.7. The maximum atomic E-state index is 13.7. The van der Waals surface area contributed by atoms with E-state index in [1.807, 2.05) is 17.8 Å². The predicted octanol–water partition coefficient (Wildman–Crippen LogP) is 6.03. The van der Waals surface area contributed by atoms with Crippen molar-refractivity contribution in [3.05, 3.63) is 84.3 Å². The van der Waals surface area contributed by atoms with Crippen molar-refractivity contribution in [2.45, 2.75) is 70.9 Å². The maximum absolute atomic E-state index is 13.7. The largest absolute Gasteiger partial charge is 0.444 e. The quantitative estimate of drug-likeness (QED) is 0.126. The summed E-state index contributed by atoms with van der Waals surface area (Å²) in [6.07, 6.45) is 6.88. The number of aromatic nitrogens is 5. The van der Waals surface area contributed by atoms with Gasteiger partial charge < -0.3 is 20.7 Å². The van der Waals surface area contributed by atoms with Crippen molar-refractivity contribution in [1.29, 1.82) is 0 Å². The summed E-state index contributed by atoms with van der Waals surface area (Å²) in [7, 11) is -3.96. The first-order valence-corrected chi connectivity index (χ1v) is 17.6. The van der Waals surface area contributed by atoms with Crippen LogP contribution in [0.1, 0.15) is 62.9 Å². The molecule has 2 amide bonds. The molecule has 3 heterocycles. The summed E-state index contributed by atoms with van der Waals surface area (Å²) in [5.41, 5.74) is 2.95. The van der Waals surface area contributed by atoms with E-state index in [0.29, 0.717) is 48.3 Å². The molecule has 0 spiro atoms. The number of nitrogens with one attached hydrogen (secondary N) is 3. The van der Waals surface area contributed by atoms with Crippen LogP contribution in [0.25, 0.3) is 22.3 Å². The van der Waals surface area contributed by atoms with Crippen LogP contribution in [-0.2, 0) is 21.3 Å². The van der Waals surface area contributed by atoms with Gasteiger partial charge in [0.1, 0.15) is 5.60 Å². The lowest BCUT2D eigenvalue weighted by molar-refractivity contribution is 0.0526. The number of aryl methyl sites for hydroxylation is 2. The molecule has 3 N–H and O–H groups in total. The van der Waals surface area contributed by atoms with Crippen molar-refractivity contribution in [2.75, 3.05) is 18.4 Å². The summed E-state index contributed by atoms with van der Waals surface area (Å²) in [5.74, 6) is -0.0446. The fourth-order valence-corrected chi connectivity index (χ4v) is 6.31. The first kappa shape index (κ1) is 35.1. The van der Waals surface area contributed by atoms with Crippen molar-refractivity contribution < 1.29 is 22.7 Å². The number of unbranched alkanes of at least 4 members (excludes halogenated alkanes) is 1. The molecule has 49 heavy (non-hydrogen) atoms. The van der Waals surface area contributed by atoms with Crippen LogP contribution in [-0.4, -0.2) is 62.8 Å². The zero-order chi connectivity index (χ0) is 35.2. The number of carbonyl (C=O) groups is 2. The first-order valence-electron chi connectivity index (χ1n) is 16.2. The number of alkyl carbamates (subject to hydrolysis) is 1. The third-order valence-electron chi connectivity index (χ3n) is 7.41. The first-order chi connectivity index (χ1) is 23.3. The highest BCUT2D eigenvalue weighted by molar-refractivity contribution is 7.90. The van der Waals surface area contributed by atoms with E-state index >= 15 is 0 Å². The fraction of sp³-hybridized carbons (Fsp3) is 0.343. The van der Waals surface area contributed by atoms with Crippen molar-refractivity contribution in [3.8, 4) is 11.3 Å². The number of hydrogen-bond donors (Lipinski definition) is 3. The minimum absolute atomic E-state index is 0.146. The number of fused-ring (bicyclic) bond motifs is 1. The van der Waals surface area contributed by atoms with E-state index in [2.05, 4.69) is 33.0 Å². The van der Waals surface area contributed by atoms with E-state index in [-0.39, 0.29) is 22.4 Å². The summed E-state index contributed by atoms with van der Waals surface area (Å²) >= 11 is 0. The van der Waals surface area contributed by atoms with Crippen LogP contribution in [0.3, 0.4) is 0 Å². The van der Waals surface area contributed by atoms with Gasteiger partial charge >= 0.3 is 6.09 Å². The van der Waals surface area contributed by atoms with E-state index in [1.54, 1.807) is 81.6 Å². The van der Waals surface area contributed by atoms with Gasteiger partial charge in [-0.05, 0) is 89.4 Å². The van der Waals surface area contributed by atoms with Gasteiger partial charge in [0.2, 0.25) is 5.95 Å². The van der Waals surface area contributed by atoms with Gasteiger partial charge in [0.25, 0.3) is 15.9 Å². The van der Waals surface area contributed by atoms with E-state index < -0.39 is 21.7 Å². The van der Waals surface area contributed by atoms with Crippen LogP contribution < -0.4 is 16.0 Å². The molecule has 0 saturated carbocycles. The second kappa shape index (κ2) is 14.9. The third kappa shape index (κ3) is 8.82. The summed E-state index contributed by atoms with van der Waals surface area (Å²) in [6.45, 7) is 11.0. The molecule has 0 atom stereocenters. The van der Waals surface area contributed by atoms with Gasteiger partial charge in [-0.25, -0.2) is 22.2 Å². The van der Waals surface area contributed by atoms with E-state index in [0.717, 1.165) is 24.1 Å². The number of ether oxygens (including phenoxy) is 1. The number of amides is 2. The number of anilines is 2. The van der Waals surface area contributed by atoms with Gasteiger partial charge in [0, 0.05) is 54.2 Å². The Morgan fingerprint density at radius 3 is 2.29 bits per heavy atom. The zero-order valence-electron chi connectivity index (χ0n) is 28.4. The van der Waals surface area contributed by atoms with E-state index in [9.17, 15) is 18.0 Å². The van der Waals surface area contributed by atoms with Crippen molar-refractivity contribution in [1.82, 2.24) is 34.4 Å². The SMILES string of the molecule is CCCn1cc(-c2nc(Nc3ccc(C(=O)NCCCCNC(=O)OC(C)(C)C)cc3)nc3c2ccn3S(=O)(=O)c2ccc(C)cc2)cn1. The molecule has 0 aliphatic carbocycles. The van der Waals surface area contributed by atoms with E-state index in [1.165, 1.54) is 10.2 Å². The lowest BCUT2D eigenvalue weighted by Gasteiger charge is -2.19. The van der Waals surface area contributed by atoms with Gasteiger partial charge in [-0.2, -0.15) is 10.1 Å². The Bertz CT molecular complexity index is 2030. The molecule has 0 saturated heterocycles. The van der Waals surface area contributed by atoms with Crippen LogP contribution >= 0.6 is 0 Å². The average molecular weight is 687 g/mol. The Morgan fingerprint density at radius 2 is 1.61 bits per heavy atom. The van der Waals surface area contributed by atoms with Gasteiger partial charge in [-0.1, -0.05) is 24.6 Å². The molecule has 258 valence electrons. The van der Waals surface area contributed by atoms with Gasteiger partial charge in [-0.3, -0.25) is 9.48 Å². The Balaban J connectivity index is 1.31. The van der Waals surface area contributed by atoms with Crippen LogP contribution in [0.15, 0.2) is 78.1 Å². The predicted molar refractivity (Wildman–Crippen MR) is 188 cm³/mol. The van der Waals surface area contributed by atoms with Crippen molar-refractivity contribution >= 4 is 44.7 Å². The minimum Gasteiger partial charge on any atom is -0.444 e. The third-order valence-corrected chi connectivity index (χ3v) is 9.09. The number of nitrogens with zero attached hydrogens (tertiary/aromatic N) is 5. The summed E-state index contributed by atoms with van der Waals surface area (Å²) in [5, 5.41) is 13.8. The van der Waals surface area contributed by atoms with Crippen LogP contribution in [0.4, 0.5) is 16.4 Å². The molecule has 0 fully saturated rings. The summed E-state index contributed by atoms with van der Waals surface area (Å²) in [4.78, 5) is 34.0. The van der Waals surface area contributed by atoms with Gasteiger partial charge in [-0.15, -0.1) is 0 Å². The van der Waals surface area contributed by atoms with Crippen molar-refractivity contribution in [3.63, 3.8) is 0 Å². The average Bonchev–Trinajstić information content (AvgIpc) is 3.70. The maximum Gasteiger partial charge on any atom is 0.407 e. The fourth-order valence-electron chi connectivity index (χ4n) is 5.02. The molecule has 13 nitrogen and oxygen atoms in total. The highest BCUT2D eigenvalue weighted by atomic mass is 32.2. The number of carbonyl (C=O) groups excluding carboxylic acids is 2. The molecule has 2 aromatic carbocycles. The summed E-state index contributed by atoms with van der Waals surface area (Å²) in [6, 6.07) is 15.2. The number of hydrogen-bond acceptors (Lipinski definition) is 9. The Hall–Kier alpha value is -5.24. The standard InChI is InChI=1S/C35H42N8O5S/c1-6-20-42-23-26(22-38-42)30-29-17-21-43(49(46,47)28-15-9-24(2)10-16-28)31(29)41-33(40-30)39-27-13-11-25(12-14-27)32(44)36-18-7-8-19-37-34(45)48-35(3,4)5/h9-17,21-23H,6-8,18-20H2,1-5H3,(H,36,44)(H,37,45)(H,39,40,41). The molecular formula is C35H42N8O5S. The lowest BCUT2D eigenvalue weighted by atomic mass is 10.2. The molecular weight excluding hydrogens is 645 g/mol. The van der Waals surface area contributed by atoms with Crippen LogP contribution in [0.5, 0.6) is 0 Å². The molecule has 5 rings (SSSR count). The van der Waals surface area contributed by atoms with Crippen LogP contribution in [0.2, 0.25) is 0 Å². The molecule has 0 bridgehead atoms. The molecule has 0 radical (unpaired) electrons. The van der Waals surface area contributed by atoms with Gasteiger partial charge in [0.15, 0.2) is 5.65 Å². The second-order valence-corrected chi connectivity index (χ2v) is 14.5. The smallest absolute Gasteiger partial charge is 0.407 e. The molecule has 5 aromatic rings. The monoisotopic (exact) mass is 686 g/mol. The van der Waals surface area contributed by atoms with Crippen molar-refractivity contribution in [2.24, 2.45) is 0 Å². The topological polar surface area (TPSA) is 162 Å². The number of benzene rings is 2. The Kier molecular flexibility index (Phi) is 10.7. The number of rotatable bonds is 13. The molecule has 0 unspecified atom stereocenters. The van der Waals surface area contributed by atoms with E-state index in [4.69, 9.17) is 9.72 Å². The second-order valence-electron chi connectivity index (χ2n) is 12.6.